The van der Waals surface area contributed by atoms with Crippen LogP contribution in [-0.4, -0.2) is 53.9 Å². The van der Waals surface area contributed by atoms with Crippen LogP contribution < -0.4 is 5.73 Å². The average Bonchev–Trinajstić information content (AvgIpc) is 2.40. The van der Waals surface area contributed by atoms with Crippen LogP contribution >= 0.6 is 0 Å². The molecule has 0 spiro atoms. The van der Waals surface area contributed by atoms with E-state index in [1.165, 1.54) is 0 Å². The highest BCUT2D eigenvalue weighted by Gasteiger charge is 2.24. The second-order valence-electron chi connectivity index (χ2n) is 5.32. The van der Waals surface area contributed by atoms with E-state index < -0.39 is 0 Å². The van der Waals surface area contributed by atoms with E-state index in [4.69, 9.17) is 5.73 Å². The van der Waals surface area contributed by atoms with E-state index >= 15 is 0 Å². The highest BCUT2D eigenvalue weighted by atomic mass is 16.2. The monoisotopic (exact) mass is 262 g/mol. The van der Waals surface area contributed by atoms with Crippen molar-refractivity contribution in [2.24, 2.45) is 0 Å². The number of nitrogens with two attached hydrogens (primary N) is 1. The molecule has 5 heteroatoms. The number of nitrogen functional groups attached to an aromatic ring is 1. The number of amides is 1. The van der Waals surface area contributed by atoms with Gasteiger partial charge in [0.2, 0.25) is 5.91 Å². The lowest BCUT2D eigenvalue weighted by atomic mass is 10.0. The minimum Gasteiger partial charge on any atom is -0.397 e. The third-order valence-electron chi connectivity index (χ3n) is 3.72. The van der Waals surface area contributed by atoms with E-state index in [1.807, 2.05) is 18.0 Å². The van der Waals surface area contributed by atoms with Crippen LogP contribution in [0.1, 0.15) is 18.5 Å². The Labute approximate surface area is 114 Å². The van der Waals surface area contributed by atoms with Crippen LogP contribution in [0.15, 0.2) is 18.3 Å². The van der Waals surface area contributed by atoms with Crippen LogP contribution in [0.3, 0.4) is 0 Å². The quantitative estimate of drug-likeness (QED) is 0.873. The molecule has 0 saturated carbocycles. The average molecular weight is 262 g/mol. The molecule has 2 heterocycles. The van der Waals surface area contributed by atoms with Gasteiger partial charge in [-0.05, 0) is 38.6 Å². The van der Waals surface area contributed by atoms with Gasteiger partial charge in [0.1, 0.15) is 0 Å². The van der Waals surface area contributed by atoms with Crippen LogP contribution in [0.5, 0.6) is 0 Å². The summed E-state index contributed by atoms with van der Waals surface area (Å²) in [5.41, 5.74) is 6.98. The van der Waals surface area contributed by atoms with E-state index in [9.17, 15) is 4.79 Å². The Morgan fingerprint density at radius 1 is 1.58 bits per heavy atom. The number of hydrogen-bond acceptors (Lipinski definition) is 4. The second kappa shape index (κ2) is 6.02. The molecule has 1 aliphatic rings. The van der Waals surface area contributed by atoms with Crippen LogP contribution in [0.2, 0.25) is 0 Å². The first kappa shape index (κ1) is 13.8. The predicted octanol–water partition coefficient (Wildman–Crippen LogP) is 0.759. The fourth-order valence-corrected chi connectivity index (χ4v) is 2.48. The van der Waals surface area contributed by atoms with Crippen LogP contribution in [0.25, 0.3) is 0 Å². The molecule has 1 aromatic rings. The van der Waals surface area contributed by atoms with Gasteiger partial charge >= 0.3 is 0 Å². The number of likely N-dealkylation sites (N-methyl/N-ethyl adjacent to an activating group) is 2. The van der Waals surface area contributed by atoms with Crippen molar-refractivity contribution in [3.05, 3.63) is 24.0 Å². The summed E-state index contributed by atoms with van der Waals surface area (Å²) in [4.78, 5) is 20.6. The Kier molecular flexibility index (Phi) is 4.37. The topological polar surface area (TPSA) is 62.5 Å². The fourth-order valence-electron chi connectivity index (χ4n) is 2.48. The third kappa shape index (κ3) is 3.67. The Morgan fingerprint density at radius 2 is 2.37 bits per heavy atom. The van der Waals surface area contributed by atoms with Gasteiger partial charge in [-0.2, -0.15) is 0 Å². The van der Waals surface area contributed by atoms with Gasteiger partial charge in [-0.1, -0.05) is 0 Å². The highest BCUT2D eigenvalue weighted by Crippen LogP contribution is 2.14. The summed E-state index contributed by atoms with van der Waals surface area (Å²) in [5, 5.41) is 0. The molecule has 1 unspecified atom stereocenters. The van der Waals surface area contributed by atoms with Crippen LogP contribution in [0.4, 0.5) is 5.69 Å². The molecule has 19 heavy (non-hydrogen) atoms. The number of piperidine rings is 1. The number of pyridine rings is 1. The molecule has 1 aliphatic heterocycles. The zero-order chi connectivity index (χ0) is 13.8. The van der Waals surface area contributed by atoms with Crippen molar-refractivity contribution in [1.82, 2.24) is 14.8 Å². The lowest BCUT2D eigenvalue weighted by molar-refractivity contribution is -0.132. The van der Waals surface area contributed by atoms with Crippen LogP contribution in [-0.2, 0) is 11.2 Å². The molecular weight excluding hydrogens is 240 g/mol. The Bertz CT molecular complexity index is 432. The second-order valence-corrected chi connectivity index (χ2v) is 5.32. The molecule has 1 fully saturated rings. The smallest absolute Gasteiger partial charge is 0.228 e. The minimum absolute atomic E-state index is 0.123. The number of carbonyl (C=O) groups is 1. The van der Waals surface area contributed by atoms with E-state index in [0.717, 1.165) is 31.6 Å². The third-order valence-corrected chi connectivity index (χ3v) is 3.72. The van der Waals surface area contributed by atoms with Gasteiger partial charge in [0.05, 0.1) is 18.3 Å². The molecule has 0 aliphatic carbocycles. The number of nitrogens with zero attached hydrogens (tertiary/aromatic N) is 3. The number of aromatic nitrogens is 1. The molecule has 1 atom stereocenters. The number of carbonyl (C=O) groups excluding carboxylic acids is 1. The van der Waals surface area contributed by atoms with Gasteiger partial charge in [0.15, 0.2) is 0 Å². The molecule has 5 nitrogen and oxygen atoms in total. The first-order valence-electron chi connectivity index (χ1n) is 6.71. The van der Waals surface area contributed by atoms with Gasteiger partial charge in [0, 0.05) is 25.3 Å². The maximum absolute atomic E-state index is 12.2. The molecule has 2 N–H and O–H groups in total. The fraction of sp³-hybridized carbons (Fsp3) is 0.571. The predicted molar refractivity (Wildman–Crippen MR) is 75.6 cm³/mol. The molecule has 104 valence electrons. The normalized spacial score (nSPS) is 20.2. The van der Waals surface area contributed by atoms with Crippen molar-refractivity contribution in [1.29, 1.82) is 0 Å². The molecule has 0 bridgehead atoms. The van der Waals surface area contributed by atoms with E-state index in [2.05, 4.69) is 16.9 Å². The lowest BCUT2D eigenvalue weighted by Gasteiger charge is -2.35. The summed E-state index contributed by atoms with van der Waals surface area (Å²) in [6.45, 7) is 2.08. The minimum atomic E-state index is 0.123. The standard InChI is InChI=1S/C14H22N4O/c1-17-7-3-4-13(10-17)18(2)14(19)8-12-6-5-11(15)9-16-12/h5-6,9,13H,3-4,7-8,10,15H2,1-2H3. The molecule has 2 rings (SSSR count). The van der Waals surface area contributed by atoms with Gasteiger partial charge in [0.25, 0.3) is 0 Å². The zero-order valence-corrected chi connectivity index (χ0v) is 11.7. The van der Waals surface area contributed by atoms with Crippen molar-refractivity contribution >= 4 is 11.6 Å². The molecule has 1 saturated heterocycles. The first-order chi connectivity index (χ1) is 9.06. The zero-order valence-electron chi connectivity index (χ0n) is 11.7. The van der Waals surface area contributed by atoms with E-state index in [-0.39, 0.29) is 5.91 Å². The number of hydrogen-bond donors (Lipinski definition) is 1. The molecule has 0 aromatic carbocycles. The van der Waals surface area contributed by atoms with Crippen molar-refractivity contribution in [2.45, 2.75) is 25.3 Å². The SMILES string of the molecule is CN1CCCC(N(C)C(=O)Cc2ccc(N)cn2)C1. The van der Waals surface area contributed by atoms with Gasteiger partial charge in [-0.3, -0.25) is 9.78 Å². The summed E-state index contributed by atoms with van der Waals surface area (Å²) < 4.78 is 0. The lowest BCUT2D eigenvalue weighted by Crippen LogP contribution is -2.47. The highest BCUT2D eigenvalue weighted by molar-refractivity contribution is 5.78. The number of rotatable bonds is 3. The number of anilines is 1. The largest absolute Gasteiger partial charge is 0.397 e. The summed E-state index contributed by atoms with van der Waals surface area (Å²) in [5.74, 6) is 0.123. The Morgan fingerprint density at radius 3 is 3.00 bits per heavy atom. The van der Waals surface area contributed by atoms with Crippen molar-refractivity contribution in [3.63, 3.8) is 0 Å². The van der Waals surface area contributed by atoms with Crippen molar-refractivity contribution in [3.8, 4) is 0 Å². The summed E-state index contributed by atoms with van der Waals surface area (Å²) in [7, 11) is 4.00. The molecule has 1 aromatic heterocycles. The van der Waals surface area contributed by atoms with Gasteiger partial charge < -0.3 is 15.5 Å². The van der Waals surface area contributed by atoms with Crippen molar-refractivity contribution < 1.29 is 4.79 Å². The molecule has 0 radical (unpaired) electrons. The van der Waals surface area contributed by atoms with Gasteiger partial charge in [-0.25, -0.2) is 0 Å². The van der Waals surface area contributed by atoms with Crippen molar-refractivity contribution in [2.75, 3.05) is 32.9 Å². The summed E-state index contributed by atoms with van der Waals surface area (Å²) in [6.07, 6.45) is 4.18. The summed E-state index contributed by atoms with van der Waals surface area (Å²) >= 11 is 0. The van der Waals surface area contributed by atoms with Crippen LogP contribution in [0, 0.1) is 0 Å². The maximum atomic E-state index is 12.2. The van der Waals surface area contributed by atoms with E-state index in [0.29, 0.717) is 18.2 Å². The van der Waals surface area contributed by atoms with Gasteiger partial charge in [-0.15, -0.1) is 0 Å². The summed E-state index contributed by atoms with van der Waals surface area (Å²) in [6, 6.07) is 3.91. The number of likely N-dealkylation sites (tertiary alicyclic amines) is 1. The molecule has 1 amide bonds. The maximum Gasteiger partial charge on any atom is 0.228 e. The van der Waals surface area contributed by atoms with E-state index in [1.54, 1.807) is 12.3 Å². The Balaban J connectivity index is 1.93. The first-order valence-corrected chi connectivity index (χ1v) is 6.71. The molecular formula is C14H22N4O. The Hall–Kier alpha value is -1.62.